The Morgan fingerprint density at radius 1 is 0.800 bits per heavy atom. The summed E-state index contributed by atoms with van der Waals surface area (Å²) < 4.78 is 0. The molecule has 1 N–H and O–H groups in total. The smallest absolute Gasteiger partial charge is 0.263 e. The number of imide groups is 1. The van der Waals surface area contributed by atoms with Gasteiger partial charge in [0.1, 0.15) is 0 Å². The topological polar surface area (TPSA) is 85.8 Å². The first kappa shape index (κ1) is 26.2. The van der Waals surface area contributed by atoms with Crippen LogP contribution in [-0.2, 0) is 17.9 Å². The van der Waals surface area contributed by atoms with E-state index in [1.54, 1.807) is 24.5 Å². The van der Waals surface area contributed by atoms with E-state index < -0.39 is 0 Å². The monoisotopic (exact) mass is 537 g/mol. The molecule has 3 amide bonds. The first-order chi connectivity index (χ1) is 19.6. The van der Waals surface area contributed by atoms with Crippen LogP contribution in [0.1, 0.15) is 57.5 Å². The molecule has 0 unspecified atom stereocenters. The highest BCUT2D eigenvalue weighted by molar-refractivity contribution is 6.23. The molecule has 206 valence electrons. The molecule has 0 radical (unpaired) electrons. The van der Waals surface area contributed by atoms with Crippen LogP contribution in [-0.4, -0.2) is 64.7 Å². The molecule has 2 aromatic carbocycles. The van der Waals surface area contributed by atoms with Gasteiger partial charge in [0, 0.05) is 57.1 Å². The fourth-order valence-electron chi connectivity index (χ4n) is 6.18. The predicted molar refractivity (Wildman–Crippen MR) is 153 cm³/mol. The number of amides is 3. The second-order valence-corrected chi connectivity index (χ2v) is 11.1. The van der Waals surface area contributed by atoms with Crippen molar-refractivity contribution in [2.24, 2.45) is 5.92 Å². The van der Waals surface area contributed by atoms with E-state index in [-0.39, 0.29) is 36.2 Å². The zero-order chi connectivity index (χ0) is 27.5. The third kappa shape index (κ3) is 5.49. The number of hydrogen-bond donors (Lipinski definition) is 1. The number of likely N-dealkylation sites (tertiary alicyclic amines) is 1. The number of aromatic nitrogens is 1. The third-order valence-corrected chi connectivity index (χ3v) is 8.43. The summed E-state index contributed by atoms with van der Waals surface area (Å²) in [6, 6.07) is 19.9. The van der Waals surface area contributed by atoms with Gasteiger partial charge in [0.2, 0.25) is 5.91 Å². The van der Waals surface area contributed by atoms with E-state index in [1.165, 1.54) is 10.5 Å². The molecule has 2 fully saturated rings. The van der Waals surface area contributed by atoms with Gasteiger partial charge in [-0.25, -0.2) is 0 Å². The van der Waals surface area contributed by atoms with Crippen molar-refractivity contribution in [3.63, 3.8) is 0 Å². The van der Waals surface area contributed by atoms with Crippen molar-refractivity contribution in [2.75, 3.05) is 31.1 Å². The van der Waals surface area contributed by atoms with Crippen molar-refractivity contribution in [3.05, 3.63) is 95.3 Å². The Hall–Kier alpha value is -4.04. The number of pyridine rings is 1. The van der Waals surface area contributed by atoms with Crippen LogP contribution >= 0.6 is 0 Å². The summed E-state index contributed by atoms with van der Waals surface area (Å²) in [5.41, 5.74) is 3.85. The maximum Gasteiger partial charge on any atom is 0.263 e. The summed E-state index contributed by atoms with van der Waals surface area (Å²) in [5.74, 6) is -0.421. The van der Waals surface area contributed by atoms with Gasteiger partial charge < -0.3 is 10.2 Å². The van der Waals surface area contributed by atoms with E-state index >= 15 is 0 Å². The van der Waals surface area contributed by atoms with E-state index in [0.29, 0.717) is 24.2 Å². The fourth-order valence-corrected chi connectivity index (χ4v) is 6.18. The molecular weight excluding hydrogens is 502 g/mol. The number of carbonyl (C=O) groups excluding carboxylic acids is 3. The van der Waals surface area contributed by atoms with Gasteiger partial charge in [0.25, 0.3) is 11.8 Å². The van der Waals surface area contributed by atoms with Crippen LogP contribution in [0.25, 0.3) is 0 Å². The van der Waals surface area contributed by atoms with Crippen molar-refractivity contribution < 1.29 is 14.4 Å². The molecule has 1 aromatic heterocycles. The molecule has 0 saturated carbocycles. The number of benzene rings is 2. The maximum absolute atomic E-state index is 13.4. The molecule has 4 heterocycles. The number of rotatable bonds is 7. The molecular formula is C32H35N5O3. The highest BCUT2D eigenvalue weighted by Crippen LogP contribution is 2.34. The molecule has 3 aliphatic heterocycles. The number of nitrogens with one attached hydrogen (secondary N) is 1. The van der Waals surface area contributed by atoms with Crippen LogP contribution in [0, 0.1) is 5.92 Å². The summed E-state index contributed by atoms with van der Waals surface area (Å²) in [5, 5.41) is 3.32. The van der Waals surface area contributed by atoms with E-state index in [2.05, 4.69) is 44.4 Å². The minimum Gasteiger partial charge on any atom is -0.371 e. The van der Waals surface area contributed by atoms with Crippen LogP contribution < -0.4 is 10.2 Å². The van der Waals surface area contributed by atoms with Gasteiger partial charge in [0.15, 0.2) is 0 Å². The molecule has 8 nitrogen and oxygen atoms in total. The third-order valence-electron chi connectivity index (χ3n) is 8.43. The Kier molecular flexibility index (Phi) is 7.60. The van der Waals surface area contributed by atoms with E-state index in [1.807, 2.05) is 24.3 Å². The van der Waals surface area contributed by atoms with Gasteiger partial charge >= 0.3 is 0 Å². The van der Waals surface area contributed by atoms with E-state index in [9.17, 15) is 14.4 Å². The number of hydrogen-bond acceptors (Lipinski definition) is 6. The minimum atomic E-state index is -0.269. The van der Waals surface area contributed by atoms with E-state index in [4.69, 9.17) is 0 Å². The van der Waals surface area contributed by atoms with Gasteiger partial charge in [0.05, 0.1) is 23.4 Å². The van der Waals surface area contributed by atoms with Gasteiger partial charge in [-0.3, -0.25) is 29.2 Å². The first-order valence-corrected chi connectivity index (χ1v) is 14.3. The summed E-state index contributed by atoms with van der Waals surface area (Å²) in [6.45, 7) is 4.48. The highest BCUT2D eigenvalue weighted by Gasteiger charge is 2.39. The number of nitrogens with zero attached hydrogens (tertiary/aromatic N) is 4. The average Bonchev–Trinajstić information content (AvgIpc) is 3.24. The summed E-state index contributed by atoms with van der Waals surface area (Å²) in [6.07, 6.45) is 6.74. The van der Waals surface area contributed by atoms with Crippen LogP contribution in [0.15, 0.2) is 73.1 Å². The van der Waals surface area contributed by atoms with Crippen molar-refractivity contribution >= 4 is 23.4 Å². The minimum absolute atomic E-state index is 0.0326. The Bertz CT molecular complexity index is 1360. The lowest BCUT2D eigenvalue weighted by Gasteiger charge is -2.36. The number of fused-ring (bicyclic) bond motifs is 1. The molecule has 3 aliphatic rings. The lowest BCUT2D eigenvalue weighted by molar-refractivity contribution is -0.126. The Morgan fingerprint density at radius 2 is 1.55 bits per heavy atom. The normalized spacial score (nSPS) is 18.7. The van der Waals surface area contributed by atoms with Crippen molar-refractivity contribution in [1.29, 1.82) is 0 Å². The van der Waals surface area contributed by atoms with Gasteiger partial charge in [-0.05, 0) is 55.0 Å². The van der Waals surface area contributed by atoms with Crippen molar-refractivity contribution in [3.8, 4) is 0 Å². The largest absolute Gasteiger partial charge is 0.371 e. The zero-order valence-electron chi connectivity index (χ0n) is 22.7. The predicted octanol–water partition coefficient (Wildman–Crippen LogP) is 3.88. The fraction of sp³-hybridized carbons (Fsp3) is 0.375. The maximum atomic E-state index is 13.4. The van der Waals surface area contributed by atoms with Gasteiger partial charge in [-0.1, -0.05) is 42.5 Å². The number of carbonyl (C=O) groups is 3. The highest BCUT2D eigenvalue weighted by atomic mass is 16.2. The first-order valence-electron chi connectivity index (χ1n) is 14.3. The Morgan fingerprint density at radius 3 is 2.27 bits per heavy atom. The zero-order valence-corrected chi connectivity index (χ0v) is 22.7. The van der Waals surface area contributed by atoms with Crippen LogP contribution in [0.5, 0.6) is 0 Å². The van der Waals surface area contributed by atoms with Crippen molar-refractivity contribution in [2.45, 2.75) is 44.8 Å². The molecule has 0 spiro atoms. The van der Waals surface area contributed by atoms with Crippen LogP contribution in [0.4, 0.5) is 5.69 Å². The van der Waals surface area contributed by atoms with Crippen LogP contribution in [0.3, 0.4) is 0 Å². The van der Waals surface area contributed by atoms with Gasteiger partial charge in [-0.15, -0.1) is 0 Å². The van der Waals surface area contributed by atoms with E-state index in [0.717, 1.165) is 56.6 Å². The quantitative estimate of drug-likeness (QED) is 0.461. The molecule has 8 heteroatoms. The molecule has 2 saturated heterocycles. The second-order valence-electron chi connectivity index (χ2n) is 11.1. The second kappa shape index (κ2) is 11.6. The summed E-state index contributed by atoms with van der Waals surface area (Å²) in [4.78, 5) is 49.6. The van der Waals surface area contributed by atoms with Crippen molar-refractivity contribution in [1.82, 2.24) is 20.1 Å². The molecule has 0 aliphatic carbocycles. The molecule has 0 bridgehead atoms. The molecule has 40 heavy (non-hydrogen) atoms. The lowest BCUT2D eigenvalue weighted by atomic mass is 9.93. The molecule has 0 atom stereocenters. The average molecular weight is 538 g/mol. The van der Waals surface area contributed by atoms with Crippen LogP contribution in [0.2, 0.25) is 0 Å². The SMILES string of the molecule is O=C(NC1CCN(Cc2ccccc2)CC1)C1CCN(c2cccc3c2C(=O)N(Cc2cccnc2)C3=O)CC1. The standard InChI is InChI=1S/C32H35N5O3/c38-30(34-26-13-16-35(17-14-26)21-23-6-2-1-3-7-23)25-11-18-36(19-12-25)28-10-4-9-27-29(28)32(40)37(31(27)39)22-24-8-5-15-33-20-24/h1-10,15,20,25-26H,11-14,16-19,21-22H2,(H,34,38). The Labute approximate surface area is 235 Å². The van der Waals surface area contributed by atoms with Gasteiger partial charge in [-0.2, -0.15) is 0 Å². The molecule has 6 rings (SSSR count). The lowest BCUT2D eigenvalue weighted by Crippen LogP contribution is -2.48. The molecule has 3 aromatic rings. The number of piperidine rings is 2. The summed E-state index contributed by atoms with van der Waals surface area (Å²) in [7, 11) is 0. The Balaban J connectivity index is 1.02. The summed E-state index contributed by atoms with van der Waals surface area (Å²) >= 11 is 0. The number of anilines is 1.